The van der Waals surface area contributed by atoms with E-state index in [1.807, 2.05) is 18.2 Å². The maximum Gasteiger partial charge on any atom is 0.418 e. The SMILES string of the molecule is CC1(C)[C@H](CC(=O)/C(=N\OCCOc2ccc3c(c2)CCNC3)c2csc(N)n2)C(=O)N1OS(=O)(=O)O. The smallest absolute Gasteiger partial charge is 0.418 e. The molecule has 0 spiro atoms. The molecule has 15 heteroatoms. The molecule has 13 nitrogen and oxygen atoms in total. The number of hydrogen-bond acceptors (Lipinski definition) is 12. The third-order valence-electron chi connectivity index (χ3n) is 6.12. The molecule has 4 rings (SSSR count). The van der Waals surface area contributed by atoms with Gasteiger partial charge in [-0.25, -0.2) is 4.98 Å². The molecule has 0 unspecified atom stereocenters. The van der Waals surface area contributed by atoms with Crippen molar-refractivity contribution in [3.05, 3.63) is 40.4 Å². The van der Waals surface area contributed by atoms with Gasteiger partial charge in [-0.3, -0.25) is 14.1 Å². The van der Waals surface area contributed by atoms with Crippen LogP contribution in [0, 0.1) is 5.92 Å². The molecule has 1 atom stereocenters. The summed E-state index contributed by atoms with van der Waals surface area (Å²) in [6.45, 7) is 4.97. The van der Waals surface area contributed by atoms with Gasteiger partial charge in [0, 0.05) is 18.3 Å². The highest BCUT2D eigenvalue weighted by atomic mass is 32.3. The monoisotopic (exact) mass is 553 g/mol. The molecule has 4 N–H and O–H groups in total. The number of benzene rings is 1. The van der Waals surface area contributed by atoms with Crippen LogP contribution in [-0.2, 0) is 42.1 Å². The largest absolute Gasteiger partial charge is 0.490 e. The summed E-state index contributed by atoms with van der Waals surface area (Å²) in [7, 11) is -4.90. The quantitative estimate of drug-likeness (QED) is 0.119. The first-order valence-corrected chi connectivity index (χ1v) is 13.6. The van der Waals surface area contributed by atoms with E-state index in [4.69, 9.17) is 19.9 Å². The van der Waals surface area contributed by atoms with Crippen molar-refractivity contribution in [3.8, 4) is 5.75 Å². The molecule has 37 heavy (non-hydrogen) atoms. The zero-order valence-corrected chi connectivity index (χ0v) is 21.8. The van der Waals surface area contributed by atoms with Crippen LogP contribution in [0.4, 0.5) is 5.13 Å². The maximum atomic E-state index is 13.1. The average Bonchev–Trinajstić information content (AvgIpc) is 3.27. The molecule has 1 fully saturated rings. The predicted molar refractivity (Wildman–Crippen MR) is 133 cm³/mol. The van der Waals surface area contributed by atoms with E-state index in [9.17, 15) is 18.0 Å². The minimum atomic E-state index is -4.90. The van der Waals surface area contributed by atoms with Crippen molar-refractivity contribution in [2.24, 2.45) is 11.1 Å². The lowest BCUT2D eigenvalue weighted by Crippen LogP contribution is -2.68. The zero-order chi connectivity index (χ0) is 26.8. The number of oxime groups is 1. The number of anilines is 1. The molecule has 1 aromatic carbocycles. The number of hydrogen-bond donors (Lipinski definition) is 3. The van der Waals surface area contributed by atoms with E-state index >= 15 is 0 Å². The molecule has 0 bridgehead atoms. The fourth-order valence-electron chi connectivity index (χ4n) is 4.14. The number of amides is 1. The van der Waals surface area contributed by atoms with Crippen LogP contribution in [0.1, 0.15) is 37.1 Å². The number of nitrogens with zero attached hydrogens (tertiary/aromatic N) is 3. The molecule has 0 aliphatic carbocycles. The van der Waals surface area contributed by atoms with E-state index in [2.05, 4.69) is 19.7 Å². The molecular weight excluding hydrogens is 526 g/mol. The van der Waals surface area contributed by atoms with Crippen LogP contribution in [0.25, 0.3) is 0 Å². The lowest BCUT2D eigenvalue weighted by molar-refractivity contribution is -0.228. The van der Waals surface area contributed by atoms with E-state index in [-0.39, 0.29) is 36.2 Å². The van der Waals surface area contributed by atoms with Gasteiger partial charge < -0.3 is 20.6 Å². The maximum absolute atomic E-state index is 13.1. The van der Waals surface area contributed by atoms with Gasteiger partial charge in [0.2, 0.25) is 0 Å². The third-order valence-corrected chi connectivity index (χ3v) is 7.14. The molecule has 1 saturated heterocycles. The number of fused-ring (bicyclic) bond motifs is 1. The van der Waals surface area contributed by atoms with Crippen LogP contribution in [-0.4, -0.2) is 65.7 Å². The number of carbonyl (C=O) groups excluding carboxylic acids is 2. The third kappa shape index (κ3) is 6.24. The molecule has 0 saturated carbocycles. The Labute approximate surface area is 217 Å². The van der Waals surface area contributed by atoms with Crippen molar-refractivity contribution in [3.63, 3.8) is 0 Å². The Morgan fingerprint density at radius 2 is 2.14 bits per heavy atom. The molecule has 1 amide bonds. The van der Waals surface area contributed by atoms with Crippen LogP contribution >= 0.6 is 11.3 Å². The molecule has 2 aliphatic heterocycles. The van der Waals surface area contributed by atoms with Gasteiger partial charge in [0.25, 0.3) is 5.91 Å². The van der Waals surface area contributed by atoms with Crippen LogP contribution in [0.15, 0.2) is 28.7 Å². The number of ketones is 1. The predicted octanol–water partition coefficient (Wildman–Crippen LogP) is 1.10. The van der Waals surface area contributed by atoms with Crippen LogP contribution in [0.2, 0.25) is 0 Å². The van der Waals surface area contributed by atoms with E-state index < -0.39 is 33.5 Å². The number of nitrogens with one attached hydrogen (secondary N) is 1. The Bertz CT molecular complexity index is 1320. The second-order valence-corrected chi connectivity index (χ2v) is 10.9. The standard InChI is InChI=1S/C22H27N5O8S2/c1-22(2)16(20(29)27(22)35-37(30,31)32)10-18(28)19(17-12-36-21(23)25-17)26-34-8-7-33-15-4-3-14-11-24-6-5-13(14)9-15/h3-4,9,12,16,24H,5-8,10-11H2,1-2H3,(H2,23,25)(H,30,31,32)/b26-19-/t16-/m1/s1. The van der Waals surface area contributed by atoms with Crippen molar-refractivity contribution in [2.75, 3.05) is 25.5 Å². The molecule has 2 aromatic rings. The lowest BCUT2D eigenvalue weighted by atomic mass is 9.74. The molecular formula is C22H27N5O8S2. The molecule has 1 aromatic heterocycles. The highest BCUT2D eigenvalue weighted by Gasteiger charge is 2.57. The number of rotatable bonds is 11. The highest BCUT2D eigenvalue weighted by molar-refractivity contribution is 7.80. The minimum absolute atomic E-state index is 0.0405. The summed E-state index contributed by atoms with van der Waals surface area (Å²) in [5.74, 6) is -1.56. The fraction of sp³-hybridized carbons (Fsp3) is 0.455. The first-order valence-electron chi connectivity index (χ1n) is 11.4. The van der Waals surface area contributed by atoms with Gasteiger partial charge in [0.15, 0.2) is 23.2 Å². The van der Waals surface area contributed by atoms with Crippen molar-refractivity contribution < 1.29 is 36.4 Å². The number of carbonyl (C=O) groups is 2. The first-order chi connectivity index (χ1) is 17.5. The van der Waals surface area contributed by atoms with Crippen LogP contribution < -0.4 is 15.8 Å². The Kier molecular flexibility index (Phi) is 7.80. The molecule has 0 radical (unpaired) electrons. The van der Waals surface area contributed by atoms with Gasteiger partial charge in [-0.05, 0) is 50.1 Å². The number of nitrogen functional groups attached to an aromatic ring is 1. The number of β-lactam (4-membered cyclic amide) rings is 1. The molecule has 2 aliphatic rings. The summed E-state index contributed by atoms with van der Waals surface area (Å²) in [6.07, 6.45) is 0.604. The van der Waals surface area contributed by atoms with Crippen LogP contribution in [0.5, 0.6) is 5.75 Å². The number of Topliss-reactive ketones (excluding diaryl/α,β-unsaturated/α-hetero) is 1. The Balaban J connectivity index is 1.38. The summed E-state index contributed by atoms with van der Waals surface area (Å²) >= 11 is 1.11. The Morgan fingerprint density at radius 1 is 1.35 bits per heavy atom. The molecule has 3 heterocycles. The van der Waals surface area contributed by atoms with Crippen LogP contribution in [0.3, 0.4) is 0 Å². The van der Waals surface area contributed by atoms with Crippen molar-refractivity contribution >= 4 is 44.3 Å². The first kappa shape index (κ1) is 26.9. The van der Waals surface area contributed by atoms with Crippen molar-refractivity contribution in [1.29, 1.82) is 0 Å². The summed E-state index contributed by atoms with van der Waals surface area (Å²) in [5.41, 5.74) is 7.05. The van der Waals surface area contributed by atoms with E-state index in [1.165, 1.54) is 30.4 Å². The second kappa shape index (κ2) is 10.7. The second-order valence-electron chi connectivity index (χ2n) is 9.02. The summed E-state index contributed by atoms with van der Waals surface area (Å²) in [5, 5.41) is 9.53. The van der Waals surface area contributed by atoms with E-state index in [0.717, 1.165) is 30.8 Å². The van der Waals surface area contributed by atoms with Gasteiger partial charge in [-0.2, -0.15) is 13.5 Å². The molecule has 200 valence electrons. The number of ether oxygens (including phenoxy) is 1. The lowest BCUT2D eigenvalue weighted by Gasteiger charge is -2.50. The van der Waals surface area contributed by atoms with Gasteiger partial charge in [-0.1, -0.05) is 11.2 Å². The van der Waals surface area contributed by atoms with Gasteiger partial charge in [0.1, 0.15) is 18.1 Å². The van der Waals surface area contributed by atoms with Crippen molar-refractivity contribution in [2.45, 2.75) is 38.8 Å². The topological polar surface area (TPSA) is 183 Å². The van der Waals surface area contributed by atoms with Gasteiger partial charge in [-0.15, -0.1) is 15.6 Å². The number of aromatic nitrogens is 1. The average molecular weight is 554 g/mol. The normalized spacial score (nSPS) is 19.2. The minimum Gasteiger partial charge on any atom is -0.490 e. The van der Waals surface area contributed by atoms with Gasteiger partial charge >= 0.3 is 10.4 Å². The van der Waals surface area contributed by atoms with Crippen molar-refractivity contribution in [1.82, 2.24) is 15.4 Å². The number of thiazole rings is 1. The summed E-state index contributed by atoms with van der Waals surface area (Å²) < 4.78 is 41.0. The van der Waals surface area contributed by atoms with E-state index in [1.54, 1.807) is 0 Å². The summed E-state index contributed by atoms with van der Waals surface area (Å²) in [4.78, 5) is 34.9. The number of nitrogens with two attached hydrogens (primary N) is 1. The van der Waals surface area contributed by atoms with E-state index in [0.29, 0.717) is 10.8 Å². The van der Waals surface area contributed by atoms with Gasteiger partial charge in [0.05, 0.1) is 11.5 Å². The fourth-order valence-corrected chi connectivity index (χ4v) is 5.14. The zero-order valence-electron chi connectivity index (χ0n) is 20.2. The Morgan fingerprint density at radius 3 is 2.81 bits per heavy atom. The summed E-state index contributed by atoms with van der Waals surface area (Å²) in [6, 6.07) is 5.90. The Hall–Kier alpha value is -3.11. The highest BCUT2D eigenvalue weighted by Crippen LogP contribution is 2.40. The number of hydroxylamine groups is 2.